The number of benzene rings is 2. The minimum Gasteiger partial charge on any atom is -0.489 e. The molecule has 0 aliphatic carbocycles. The Labute approximate surface area is 147 Å². The molecule has 130 valence electrons. The number of urea groups is 1. The molecule has 0 atom stereocenters. The van der Waals surface area contributed by atoms with Crippen molar-refractivity contribution < 1.29 is 14.3 Å². The van der Waals surface area contributed by atoms with E-state index < -0.39 is 0 Å². The zero-order chi connectivity index (χ0) is 17.9. The van der Waals surface area contributed by atoms with Crippen molar-refractivity contribution in [2.24, 2.45) is 0 Å². The number of carbonyl (C=O) groups excluding carboxylic acids is 1. The summed E-state index contributed by atoms with van der Waals surface area (Å²) >= 11 is 0. The summed E-state index contributed by atoms with van der Waals surface area (Å²) in [6, 6.07) is 16.7. The molecule has 0 aliphatic heterocycles. The fraction of sp³-hybridized carbons (Fsp3) is 0.263. The van der Waals surface area contributed by atoms with Crippen LogP contribution in [0.25, 0.3) is 0 Å². The fourth-order valence-electron chi connectivity index (χ4n) is 2.14. The van der Waals surface area contributed by atoms with E-state index in [1.807, 2.05) is 48.5 Å². The summed E-state index contributed by atoms with van der Waals surface area (Å²) in [5.41, 5.74) is 2.59. The van der Waals surface area contributed by atoms with Gasteiger partial charge in [0.1, 0.15) is 12.4 Å². The van der Waals surface area contributed by atoms with Crippen LogP contribution in [0.5, 0.6) is 5.75 Å². The van der Waals surface area contributed by atoms with E-state index in [1.54, 1.807) is 7.11 Å². The zero-order valence-corrected chi connectivity index (χ0v) is 14.1. The molecule has 6 nitrogen and oxygen atoms in total. The fourth-order valence-corrected chi connectivity index (χ4v) is 2.14. The average Bonchev–Trinajstić information content (AvgIpc) is 2.62. The molecule has 0 aliphatic rings. The Morgan fingerprint density at radius 3 is 2.68 bits per heavy atom. The number of ether oxygens (including phenoxy) is 2. The average molecular weight is 339 g/mol. The van der Waals surface area contributed by atoms with E-state index in [9.17, 15) is 4.79 Å². The van der Waals surface area contributed by atoms with Crippen LogP contribution in [0.1, 0.15) is 11.1 Å². The number of rotatable bonds is 8. The van der Waals surface area contributed by atoms with Gasteiger partial charge in [-0.1, -0.05) is 24.3 Å². The molecule has 0 heterocycles. The second-order valence-electron chi connectivity index (χ2n) is 5.34. The molecule has 0 radical (unpaired) electrons. The first-order chi connectivity index (χ1) is 12.2. The Balaban J connectivity index is 1.86. The quantitative estimate of drug-likeness (QED) is 0.724. The molecule has 0 bridgehead atoms. The van der Waals surface area contributed by atoms with Crippen molar-refractivity contribution in [2.75, 3.05) is 25.6 Å². The number of nitriles is 1. The number of hydrogen-bond donors (Lipinski definition) is 2. The number of methoxy groups -OCH3 is 1. The standard InChI is InChI=1S/C19H21N3O3/c1-24-12-11-21-19(23)22-17-4-2-3-16(13-17)14-25-18-7-5-15(6-8-18)9-10-20/h2-8,13H,9,11-12,14H2,1H3,(H2,21,22,23). The second kappa shape index (κ2) is 9.96. The number of anilines is 1. The molecule has 2 aromatic carbocycles. The number of carbonyl (C=O) groups is 1. The molecular weight excluding hydrogens is 318 g/mol. The van der Waals surface area contributed by atoms with Gasteiger partial charge < -0.3 is 20.1 Å². The molecule has 0 saturated heterocycles. The van der Waals surface area contributed by atoms with Crippen LogP contribution in [-0.4, -0.2) is 26.3 Å². The van der Waals surface area contributed by atoms with Crippen molar-refractivity contribution in [3.05, 3.63) is 59.7 Å². The highest BCUT2D eigenvalue weighted by atomic mass is 16.5. The van der Waals surface area contributed by atoms with Gasteiger partial charge >= 0.3 is 6.03 Å². The van der Waals surface area contributed by atoms with Crippen molar-refractivity contribution in [2.45, 2.75) is 13.0 Å². The predicted molar refractivity (Wildman–Crippen MR) is 95.4 cm³/mol. The lowest BCUT2D eigenvalue weighted by atomic mass is 10.1. The molecule has 25 heavy (non-hydrogen) atoms. The molecule has 2 N–H and O–H groups in total. The highest BCUT2D eigenvalue weighted by Gasteiger charge is 2.03. The Morgan fingerprint density at radius 2 is 1.96 bits per heavy atom. The second-order valence-corrected chi connectivity index (χ2v) is 5.34. The van der Waals surface area contributed by atoms with E-state index in [4.69, 9.17) is 14.7 Å². The first-order valence-electron chi connectivity index (χ1n) is 7.92. The van der Waals surface area contributed by atoms with Gasteiger partial charge in [-0.05, 0) is 35.4 Å². The Kier molecular flexibility index (Phi) is 7.29. The van der Waals surface area contributed by atoms with Crippen LogP contribution in [0.15, 0.2) is 48.5 Å². The summed E-state index contributed by atoms with van der Waals surface area (Å²) in [5.74, 6) is 0.734. The van der Waals surface area contributed by atoms with Gasteiger partial charge in [0.25, 0.3) is 0 Å². The number of amides is 2. The smallest absolute Gasteiger partial charge is 0.319 e. The number of nitrogens with one attached hydrogen (secondary N) is 2. The van der Waals surface area contributed by atoms with Gasteiger partial charge in [-0.15, -0.1) is 0 Å². The van der Waals surface area contributed by atoms with Crippen LogP contribution in [0.3, 0.4) is 0 Å². The van der Waals surface area contributed by atoms with E-state index in [1.165, 1.54) is 0 Å². The largest absolute Gasteiger partial charge is 0.489 e. The molecule has 0 fully saturated rings. The van der Waals surface area contributed by atoms with Gasteiger partial charge in [-0.25, -0.2) is 4.79 Å². The monoisotopic (exact) mass is 339 g/mol. The summed E-state index contributed by atoms with van der Waals surface area (Å²) in [5, 5.41) is 14.1. The molecule has 0 aromatic heterocycles. The SMILES string of the molecule is COCCNC(=O)Nc1cccc(COc2ccc(CC#N)cc2)c1. The maximum atomic E-state index is 11.7. The van der Waals surface area contributed by atoms with E-state index in [0.717, 1.165) is 16.9 Å². The van der Waals surface area contributed by atoms with Crippen molar-refractivity contribution in [1.29, 1.82) is 5.26 Å². The lowest BCUT2D eigenvalue weighted by Crippen LogP contribution is -2.31. The topological polar surface area (TPSA) is 83.4 Å². The summed E-state index contributed by atoms with van der Waals surface area (Å²) in [6.45, 7) is 1.31. The van der Waals surface area contributed by atoms with Crippen LogP contribution in [0.2, 0.25) is 0 Å². The molecule has 0 saturated carbocycles. The first kappa shape index (κ1) is 18.3. The number of hydrogen-bond acceptors (Lipinski definition) is 4. The highest BCUT2D eigenvalue weighted by molar-refractivity contribution is 5.89. The zero-order valence-electron chi connectivity index (χ0n) is 14.1. The Morgan fingerprint density at radius 1 is 1.16 bits per heavy atom. The molecule has 6 heteroatoms. The summed E-state index contributed by atoms with van der Waals surface area (Å²) in [7, 11) is 1.58. The minimum atomic E-state index is -0.275. The third kappa shape index (κ3) is 6.53. The van der Waals surface area contributed by atoms with Gasteiger partial charge in [-0.2, -0.15) is 5.26 Å². The molecule has 2 rings (SSSR count). The molecule has 2 aromatic rings. The van der Waals surface area contributed by atoms with Crippen LogP contribution in [0, 0.1) is 11.3 Å². The lowest BCUT2D eigenvalue weighted by Gasteiger charge is -2.10. The van der Waals surface area contributed by atoms with Gasteiger partial charge in [0.15, 0.2) is 0 Å². The Bertz CT molecular complexity index is 723. The molecule has 0 unspecified atom stereocenters. The van der Waals surface area contributed by atoms with Crippen LogP contribution < -0.4 is 15.4 Å². The summed E-state index contributed by atoms with van der Waals surface area (Å²) in [4.78, 5) is 11.7. The van der Waals surface area contributed by atoms with E-state index >= 15 is 0 Å². The van der Waals surface area contributed by atoms with Crippen molar-refractivity contribution in [1.82, 2.24) is 5.32 Å². The maximum Gasteiger partial charge on any atom is 0.319 e. The van der Waals surface area contributed by atoms with Gasteiger partial charge in [-0.3, -0.25) is 0 Å². The van der Waals surface area contributed by atoms with Crippen LogP contribution in [-0.2, 0) is 17.8 Å². The first-order valence-corrected chi connectivity index (χ1v) is 7.92. The van der Waals surface area contributed by atoms with Crippen molar-refractivity contribution in [3.63, 3.8) is 0 Å². The lowest BCUT2D eigenvalue weighted by molar-refractivity contribution is 0.198. The van der Waals surface area contributed by atoms with E-state index in [-0.39, 0.29) is 6.03 Å². The third-order valence-corrected chi connectivity index (χ3v) is 3.39. The van der Waals surface area contributed by atoms with Gasteiger partial charge in [0.05, 0.1) is 19.1 Å². The third-order valence-electron chi connectivity index (χ3n) is 3.39. The molecule has 0 spiro atoms. The van der Waals surface area contributed by atoms with Crippen molar-refractivity contribution >= 4 is 11.7 Å². The summed E-state index contributed by atoms with van der Waals surface area (Å²) < 4.78 is 10.6. The maximum absolute atomic E-state index is 11.7. The Hall–Kier alpha value is -3.04. The van der Waals surface area contributed by atoms with Gasteiger partial charge in [0, 0.05) is 19.3 Å². The minimum absolute atomic E-state index is 0.275. The van der Waals surface area contributed by atoms with Crippen molar-refractivity contribution in [3.8, 4) is 11.8 Å². The van der Waals surface area contributed by atoms with Crippen LogP contribution in [0.4, 0.5) is 10.5 Å². The molecular formula is C19H21N3O3. The summed E-state index contributed by atoms with van der Waals surface area (Å²) in [6.07, 6.45) is 0.389. The number of nitrogens with zero attached hydrogens (tertiary/aromatic N) is 1. The molecule has 2 amide bonds. The predicted octanol–water partition coefficient (Wildman–Crippen LogP) is 3.10. The normalized spacial score (nSPS) is 9.92. The van der Waals surface area contributed by atoms with Gasteiger partial charge in [0.2, 0.25) is 0 Å². The van der Waals surface area contributed by atoms with E-state index in [0.29, 0.717) is 31.9 Å². The highest BCUT2D eigenvalue weighted by Crippen LogP contribution is 2.16. The van der Waals surface area contributed by atoms with E-state index in [2.05, 4.69) is 16.7 Å². The van der Waals surface area contributed by atoms with Crippen LogP contribution >= 0.6 is 0 Å².